The summed E-state index contributed by atoms with van der Waals surface area (Å²) in [6, 6.07) is 9.86. The predicted octanol–water partition coefficient (Wildman–Crippen LogP) is 1.84. The van der Waals surface area contributed by atoms with Gasteiger partial charge in [-0.15, -0.1) is 10.2 Å². The van der Waals surface area contributed by atoms with Gasteiger partial charge in [-0.05, 0) is 12.1 Å². The van der Waals surface area contributed by atoms with Crippen molar-refractivity contribution in [1.29, 1.82) is 0 Å². The SMILES string of the molecule is FC1=C(NCc2nn[nH]n2)NC(c2cc(-c3ccon3)n(Cc3ccccc3F)n2)N=C1. The Bertz CT molecular complexity index is 1260. The molecule has 0 saturated carbocycles. The van der Waals surface area contributed by atoms with Crippen molar-refractivity contribution in [2.45, 2.75) is 19.3 Å². The van der Waals surface area contributed by atoms with Crippen LogP contribution in [0, 0.1) is 5.82 Å². The Labute approximate surface area is 179 Å². The van der Waals surface area contributed by atoms with Crippen LogP contribution in [0.5, 0.6) is 0 Å². The molecule has 5 rings (SSSR count). The van der Waals surface area contributed by atoms with Gasteiger partial charge in [-0.1, -0.05) is 28.6 Å². The largest absolute Gasteiger partial charge is 0.364 e. The van der Waals surface area contributed by atoms with E-state index >= 15 is 0 Å². The molecule has 162 valence electrons. The summed E-state index contributed by atoms with van der Waals surface area (Å²) < 4.78 is 35.0. The molecule has 0 radical (unpaired) electrons. The van der Waals surface area contributed by atoms with Gasteiger partial charge in [0.1, 0.15) is 29.3 Å². The molecule has 1 aliphatic rings. The van der Waals surface area contributed by atoms with E-state index in [0.29, 0.717) is 28.5 Å². The normalized spacial score (nSPS) is 15.8. The zero-order valence-corrected chi connectivity index (χ0v) is 16.4. The van der Waals surface area contributed by atoms with Crippen LogP contribution in [0.1, 0.15) is 23.2 Å². The highest BCUT2D eigenvalue weighted by Gasteiger charge is 2.24. The van der Waals surface area contributed by atoms with Crippen molar-refractivity contribution in [1.82, 2.24) is 46.2 Å². The minimum atomic E-state index is -0.685. The van der Waals surface area contributed by atoms with Crippen LogP contribution in [-0.2, 0) is 13.1 Å². The van der Waals surface area contributed by atoms with Gasteiger partial charge in [-0.3, -0.25) is 9.67 Å². The maximum atomic E-state index is 14.3. The molecule has 1 atom stereocenters. The summed E-state index contributed by atoms with van der Waals surface area (Å²) in [5, 5.41) is 27.8. The van der Waals surface area contributed by atoms with Gasteiger partial charge in [0.25, 0.3) is 0 Å². The molecule has 13 heteroatoms. The number of hydrogen-bond acceptors (Lipinski definition) is 9. The van der Waals surface area contributed by atoms with Gasteiger partial charge in [0.05, 0.1) is 25.0 Å². The average Bonchev–Trinajstić information content (AvgIpc) is 3.57. The lowest BCUT2D eigenvalue weighted by Crippen LogP contribution is -2.33. The van der Waals surface area contributed by atoms with Gasteiger partial charge < -0.3 is 15.2 Å². The Morgan fingerprint density at radius 1 is 1.19 bits per heavy atom. The van der Waals surface area contributed by atoms with Crippen LogP contribution in [-0.4, -0.2) is 41.8 Å². The third-order valence-corrected chi connectivity index (χ3v) is 4.73. The predicted molar refractivity (Wildman–Crippen MR) is 107 cm³/mol. The van der Waals surface area contributed by atoms with Gasteiger partial charge in [0, 0.05) is 11.6 Å². The summed E-state index contributed by atoms with van der Waals surface area (Å²) in [5.74, 6) is -0.440. The van der Waals surface area contributed by atoms with Crippen molar-refractivity contribution in [2.24, 2.45) is 4.99 Å². The number of tetrazole rings is 1. The topological polar surface area (TPSA) is 135 Å². The number of H-pyrrole nitrogens is 1. The number of aromatic amines is 1. The van der Waals surface area contributed by atoms with Gasteiger partial charge in [-0.25, -0.2) is 8.78 Å². The van der Waals surface area contributed by atoms with Gasteiger partial charge >= 0.3 is 0 Å². The fourth-order valence-electron chi connectivity index (χ4n) is 3.19. The highest BCUT2D eigenvalue weighted by atomic mass is 19.1. The fourth-order valence-corrected chi connectivity index (χ4v) is 3.19. The lowest BCUT2D eigenvalue weighted by molar-refractivity contribution is 0.421. The standard InChI is InChI=1S/C19H16F2N10O/c20-12-4-2-1-3-11(12)10-31-16(14-5-6-32-28-14)7-15(27-31)19-22-8-13(21)18(24-19)23-9-17-25-29-30-26-17/h1-8,19,23-24H,9-10H2,(H,25,26,29,30). The van der Waals surface area contributed by atoms with Crippen LogP contribution in [0.2, 0.25) is 0 Å². The van der Waals surface area contributed by atoms with Crippen LogP contribution < -0.4 is 10.6 Å². The van der Waals surface area contributed by atoms with Crippen LogP contribution in [0.3, 0.4) is 0 Å². The molecule has 1 aromatic carbocycles. The number of aliphatic imine (C=N–C) groups is 1. The minimum absolute atomic E-state index is 0.112. The van der Waals surface area contributed by atoms with Crippen molar-refractivity contribution >= 4 is 6.21 Å². The first-order valence-corrected chi connectivity index (χ1v) is 9.55. The molecular formula is C19H16F2N10O. The van der Waals surface area contributed by atoms with Crippen LogP contribution in [0.4, 0.5) is 8.78 Å². The molecule has 0 saturated heterocycles. The number of rotatable bonds is 7. The van der Waals surface area contributed by atoms with E-state index in [1.165, 1.54) is 12.3 Å². The Morgan fingerprint density at radius 2 is 2.09 bits per heavy atom. The van der Waals surface area contributed by atoms with E-state index < -0.39 is 12.0 Å². The first-order valence-electron chi connectivity index (χ1n) is 9.55. The van der Waals surface area contributed by atoms with Crippen molar-refractivity contribution in [3.05, 3.63) is 77.2 Å². The van der Waals surface area contributed by atoms with Crippen LogP contribution >= 0.6 is 0 Å². The fraction of sp³-hybridized carbons (Fsp3) is 0.158. The minimum Gasteiger partial charge on any atom is -0.364 e. The van der Waals surface area contributed by atoms with E-state index in [0.717, 1.165) is 6.21 Å². The highest BCUT2D eigenvalue weighted by molar-refractivity contribution is 5.77. The maximum Gasteiger partial charge on any atom is 0.193 e. The first kappa shape index (κ1) is 19.5. The zero-order valence-electron chi connectivity index (χ0n) is 16.4. The van der Waals surface area contributed by atoms with Crippen molar-refractivity contribution < 1.29 is 13.3 Å². The number of aromatic nitrogens is 7. The second kappa shape index (κ2) is 8.37. The summed E-state index contributed by atoms with van der Waals surface area (Å²) in [6.07, 6.45) is 1.85. The maximum absolute atomic E-state index is 14.3. The van der Waals surface area contributed by atoms with Crippen molar-refractivity contribution in [2.75, 3.05) is 0 Å². The average molecular weight is 438 g/mol. The summed E-state index contributed by atoms with van der Waals surface area (Å²) in [5.41, 5.74) is 2.07. The van der Waals surface area contributed by atoms with Gasteiger partial charge in [-0.2, -0.15) is 10.3 Å². The Morgan fingerprint density at radius 3 is 2.88 bits per heavy atom. The Kier molecular flexibility index (Phi) is 5.11. The smallest absolute Gasteiger partial charge is 0.193 e. The lowest BCUT2D eigenvalue weighted by Gasteiger charge is -2.21. The highest BCUT2D eigenvalue weighted by Crippen LogP contribution is 2.26. The molecule has 3 N–H and O–H groups in total. The Hall–Kier alpha value is -4.42. The number of nitrogens with zero attached hydrogens (tertiary/aromatic N) is 7. The third kappa shape index (κ3) is 3.95. The summed E-state index contributed by atoms with van der Waals surface area (Å²) in [4.78, 5) is 4.18. The van der Waals surface area contributed by atoms with Crippen molar-refractivity contribution in [3.8, 4) is 11.4 Å². The van der Waals surface area contributed by atoms with Crippen LogP contribution in [0.25, 0.3) is 11.4 Å². The molecule has 11 nitrogen and oxygen atoms in total. The van der Waals surface area contributed by atoms with E-state index in [4.69, 9.17) is 4.52 Å². The monoisotopic (exact) mass is 438 g/mol. The zero-order chi connectivity index (χ0) is 21.9. The molecule has 0 amide bonds. The quantitative estimate of drug-likeness (QED) is 0.398. The third-order valence-electron chi connectivity index (χ3n) is 4.73. The molecule has 0 fully saturated rings. The number of benzene rings is 1. The molecule has 1 unspecified atom stereocenters. The second-order valence-corrected chi connectivity index (χ2v) is 6.82. The molecule has 4 heterocycles. The summed E-state index contributed by atoms with van der Waals surface area (Å²) in [6.45, 7) is 0.317. The summed E-state index contributed by atoms with van der Waals surface area (Å²) in [7, 11) is 0. The number of halogens is 2. The van der Waals surface area contributed by atoms with E-state index in [1.54, 1.807) is 35.0 Å². The molecule has 1 aliphatic heterocycles. The van der Waals surface area contributed by atoms with E-state index in [1.807, 2.05) is 0 Å². The first-order chi connectivity index (χ1) is 15.7. The second-order valence-electron chi connectivity index (χ2n) is 6.82. The number of nitrogens with one attached hydrogen (secondary N) is 3. The van der Waals surface area contributed by atoms with Gasteiger partial charge in [0.2, 0.25) is 0 Å². The molecule has 3 aromatic heterocycles. The molecule has 32 heavy (non-hydrogen) atoms. The lowest BCUT2D eigenvalue weighted by atomic mass is 10.2. The van der Waals surface area contributed by atoms with Crippen molar-refractivity contribution in [3.63, 3.8) is 0 Å². The molecular weight excluding hydrogens is 422 g/mol. The van der Waals surface area contributed by atoms with Crippen LogP contribution in [0.15, 0.2) is 63.8 Å². The van der Waals surface area contributed by atoms with E-state index in [-0.39, 0.29) is 24.7 Å². The summed E-state index contributed by atoms with van der Waals surface area (Å²) >= 11 is 0. The van der Waals surface area contributed by atoms with E-state index in [2.05, 4.69) is 46.5 Å². The molecule has 0 aliphatic carbocycles. The Balaban J connectivity index is 1.41. The van der Waals surface area contributed by atoms with Gasteiger partial charge in [0.15, 0.2) is 17.8 Å². The molecule has 4 aromatic rings. The number of hydrogen-bond donors (Lipinski definition) is 3. The molecule has 0 spiro atoms. The number of allylic oxidation sites excluding steroid dienone is 1. The van der Waals surface area contributed by atoms with E-state index in [9.17, 15) is 8.78 Å². The molecule has 0 bridgehead atoms.